The summed E-state index contributed by atoms with van der Waals surface area (Å²) < 4.78 is 2.27. The van der Waals surface area contributed by atoms with Gasteiger partial charge in [-0.1, -0.05) is 43.3 Å². The number of aryl methyl sites for hydroxylation is 1. The van der Waals surface area contributed by atoms with Gasteiger partial charge >= 0.3 is 0 Å². The molecule has 1 atom stereocenters. The van der Waals surface area contributed by atoms with Crippen LogP contribution in [0.1, 0.15) is 36.6 Å². The Morgan fingerprint density at radius 2 is 1.85 bits per heavy atom. The van der Waals surface area contributed by atoms with Crippen LogP contribution in [0.25, 0.3) is 20.7 Å². The number of thiophene rings is 2. The molecule has 0 bridgehead atoms. The van der Waals surface area contributed by atoms with Crippen LogP contribution in [0.5, 0.6) is 0 Å². The van der Waals surface area contributed by atoms with Crippen molar-refractivity contribution in [2.24, 2.45) is 0 Å². The molecule has 4 aromatic heterocycles. The zero-order valence-electron chi connectivity index (χ0n) is 19.6. The molecule has 0 aliphatic heterocycles. The third kappa shape index (κ3) is 4.53. The first kappa shape index (κ1) is 23.2. The Hall–Kier alpha value is -2.59. The van der Waals surface area contributed by atoms with Crippen LogP contribution < -0.4 is 4.90 Å². The number of nitrogens with zero attached hydrogens (tertiary/aromatic N) is 5. The minimum Gasteiger partial charge on any atom is -0.331 e. The van der Waals surface area contributed by atoms with Crippen LogP contribution in [-0.2, 0) is 6.54 Å². The number of nitrogens with one attached hydrogen (secondary N) is 1. The molecule has 4 heterocycles. The summed E-state index contributed by atoms with van der Waals surface area (Å²) in [5, 5.41) is 16.6. The minimum absolute atomic E-state index is 0.264. The van der Waals surface area contributed by atoms with Gasteiger partial charge in [-0.2, -0.15) is 0 Å². The van der Waals surface area contributed by atoms with Crippen molar-refractivity contribution in [3.05, 3.63) is 70.4 Å². The normalized spacial score (nSPS) is 12.6. The summed E-state index contributed by atoms with van der Waals surface area (Å²) in [5.74, 6) is 1.78. The van der Waals surface area contributed by atoms with Crippen molar-refractivity contribution < 1.29 is 4.90 Å². The molecular formula is C25H27N6S3+. The first-order valence-electron chi connectivity index (χ1n) is 11.3. The molecule has 0 radical (unpaired) electrons. The summed E-state index contributed by atoms with van der Waals surface area (Å²) in [5.41, 5.74) is 2.42. The van der Waals surface area contributed by atoms with Crippen LogP contribution in [-0.4, -0.2) is 38.8 Å². The molecule has 0 saturated heterocycles. The summed E-state index contributed by atoms with van der Waals surface area (Å²) in [6, 6.07) is 15.0. The van der Waals surface area contributed by atoms with Gasteiger partial charge in [-0.25, -0.2) is 9.97 Å². The van der Waals surface area contributed by atoms with E-state index in [0.717, 1.165) is 45.0 Å². The molecular weight excluding hydrogens is 481 g/mol. The van der Waals surface area contributed by atoms with E-state index >= 15 is 0 Å². The van der Waals surface area contributed by atoms with Crippen LogP contribution in [0.2, 0.25) is 0 Å². The maximum atomic E-state index is 4.87. The van der Waals surface area contributed by atoms with E-state index in [1.54, 1.807) is 34.4 Å². The van der Waals surface area contributed by atoms with E-state index < -0.39 is 0 Å². The Labute approximate surface area is 211 Å². The fourth-order valence-electron chi connectivity index (χ4n) is 4.18. The Morgan fingerprint density at radius 3 is 2.56 bits per heavy atom. The van der Waals surface area contributed by atoms with Gasteiger partial charge in [-0.05, 0) is 35.7 Å². The average molecular weight is 508 g/mol. The lowest BCUT2D eigenvalue weighted by atomic mass is 10.2. The van der Waals surface area contributed by atoms with Crippen molar-refractivity contribution in [2.45, 2.75) is 43.0 Å². The average Bonchev–Trinajstić information content (AvgIpc) is 3.56. The molecule has 0 amide bonds. The molecule has 0 fully saturated rings. The van der Waals surface area contributed by atoms with Gasteiger partial charge in [0.25, 0.3) is 0 Å². The number of aromatic nitrogens is 5. The summed E-state index contributed by atoms with van der Waals surface area (Å²) in [7, 11) is 4.36. The Bertz CT molecular complexity index is 1390. The lowest BCUT2D eigenvalue weighted by Gasteiger charge is -2.20. The molecule has 1 N–H and O–H groups in total. The van der Waals surface area contributed by atoms with E-state index in [9.17, 15) is 0 Å². The summed E-state index contributed by atoms with van der Waals surface area (Å²) >= 11 is 5.01. The summed E-state index contributed by atoms with van der Waals surface area (Å²) in [6.07, 6.45) is 0.990. The van der Waals surface area contributed by atoms with E-state index in [-0.39, 0.29) is 6.04 Å². The predicted molar refractivity (Wildman–Crippen MR) is 141 cm³/mol. The molecule has 0 aliphatic rings. The lowest BCUT2D eigenvalue weighted by molar-refractivity contribution is -0.893. The Morgan fingerprint density at radius 1 is 1.03 bits per heavy atom. The highest BCUT2D eigenvalue weighted by Gasteiger charge is 2.26. The van der Waals surface area contributed by atoms with Crippen LogP contribution in [0, 0.1) is 6.92 Å². The van der Waals surface area contributed by atoms with Crippen LogP contribution in [0.4, 0.5) is 0 Å². The van der Waals surface area contributed by atoms with E-state index in [1.807, 2.05) is 13.0 Å². The molecule has 5 aromatic rings. The lowest BCUT2D eigenvalue weighted by Crippen LogP contribution is -3.06. The van der Waals surface area contributed by atoms with Crippen molar-refractivity contribution in [3.63, 3.8) is 0 Å². The zero-order chi connectivity index (χ0) is 23.7. The number of quaternary nitrogens is 1. The molecule has 0 spiro atoms. The zero-order valence-corrected chi connectivity index (χ0v) is 22.1. The monoisotopic (exact) mass is 507 g/mol. The van der Waals surface area contributed by atoms with Gasteiger partial charge in [-0.15, -0.1) is 32.9 Å². The van der Waals surface area contributed by atoms with Gasteiger partial charge in [0.15, 0.2) is 11.0 Å². The first-order chi connectivity index (χ1) is 16.5. The number of hydrogen-bond acceptors (Lipinski definition) is 7. The van der Waals surface area contributed by atoms with E-state index in [1.165, 1.54) is 20.9 Å². The fraction of sp³-hybridized carbons (Fsp3) is 0.280. The number of fused-ring (bicyclic) bond motifs is 1. The van der Waals surface area contributed by atoms with E-state index in [0.29, 0.717) is 0 Å². The van der Waals surface area contributed by atoms with Crippen LogP contribution in [0.15, 0.2) is 63.4 Å². The van der Waals surface area contributed by atoms with Gasteiger partial charge in [-0.3, -0.25) is 4.57 Å². The van der Waals surface area contributed by atoms with Crippen molar-refractivity contribution in [1.82, 2.24) is 24.7 Å². The second kappa shape index (κ2) is 9.95. The largest absolute Gasteiger partial charge is 0.331 e. The topological polar surface area (TPSA) is 60.9 Å². The number of rotatable bonds is 8. The molecule has 0 aliphatic carbocycles. The maximum absolute atomic E-state index is 4.87. The van der Waals surface area contributed by atoms with Crippen molar-refractivity contribution in [1.29, 1.82) is 0 Å². The Kier molecular flexibility index (Phi) is 6.78. The molecule has 174 valence electrons. The highest BCUT2D eigenvalue weighted by molar-refractivity contribution is 7.99. The standard InChI is InChI=1S/C25H26N6S3/c1-5-19(30(3)4)22-28-29-25(31(22)14-17-10-7-6-8-11-17)34-24-21-18(20-12-9-13-32-20)15-33-23(21)26-16(2)27-24/h6-13,15,19H,5,14H2,1-4H3/p+1/t19-/m1/s1. The smallest absolute Gasteiger partial charge is 0.198 e. The van der Waals surface area contributed by atoms with Crippen molar-refractivity contribution in [3.8, 4) is 10.4 Å². The molecule has 34 heavy (non-hydrogen) atoms. The van der Waals surface area contributed by atoms with E-state index in [4.69, 9.17) is 15.1 Å². The molecule has 6 nitrogen and oxygen atoms in total. The number of benzene rings is 1. The van der Waals surface area contributed by atoms with Gasteiger partial charge < -0.3 is 4.90 Å². The molecule has 0 unspecified atom stereocenters. The van der Waals surface area contributed by atoms with E-state index in [2.05, 4.69) is 77.8 Å². The summed E-state index contributed by atoms with van der Waals surface area (Å²) in [4.78, 5) is 13.2. The van der Waals surface area contributed by atoms with Gasteiger partial charge in [0.2, 0.25) is 0 Å². The Balaban J connectivity index is 1.62. The molecule has 5 rings (SSSR count). The van der Waals surface area contributed by atoms with Gasteiger partial charge in [0.1, 0.15) is 21.7 Å². The highest BCUT2D eigenvalue weighted by atomic mass is 32.2. The minimum atomic E-state index is 0.264. The number of hydrogen-bond donors (Lipinski definition) is 1. The van der Waals surface area contributed by atoms with Crippen molar-refractivity contribution >= 4 is 44.7 Å². The van der Waals surface area contributed by atoms with Crippen LogP contribution in [0.3, 0.4) is 0 Å². The maximum Gasteiger partial charge on any atom is 0.198 e. The van der Waals surface area contributed by atoms with Gasteiger partial charge in [0, 0.05) is 22.2 Å². The highest BCUT2D eigenvalue weighted by Crippen LogP contribution is 2.41. The SMILES string of the molecule is CC[C@H](c1nnc(Sc2nc(C)nc3scc(-c4cccs4)c23)n1Cc1ccccc1)[NH+](C)C. The third-order valence-electron chi connectivity index (χ3n) is 5.83. The van der Waals surface area contributed by atoms with Crippen LogP contribution >= 0.6 is 34.4 Å². The molecule has 9 heteroatoms. The van der Waals surface area contributed by atoms with Crippen molar-refractivity contribution in [2.75, 3.05) is 14.1 Å². The molecule has 0 saturated carbocycles. The fourth-order valence-corrected chi connectivity index (χ4v) is 7.06. The molecule has 1 aromatic carbocycles. The quantitative estimate of drug-likeness (QED) is 0.296. The second-order valence-electron chi connectivity index (χ2n) is 8.44. The summed E-state index contributed by atoms with van der Waals surface area (Å²) in [6.45, 7) is 4.89. The second-order valence-corrected chi connectivity index (χ2v) is 11.2. The first-order valence-corrected chi connectivity index (χ1v) is 13.9. The van der Waals surface area contributed by atoms with Gasteiger partial charge in [0.05, 0.1) is 26.0 Å². The predicted octanol–water partition coefficient (Wildman–Crippen LogP) is 5.11. The third-order valence-corrected chi connectivity index (χ3v) is 8.58.